The van der Waals surface area contributed by atoms with E-state index in [1.807, 2.05) is 22.9 Å². The molecular weight excluding hydrogens is 306 g/mol. The lowest BCUT2D eigenvalue weighted by atomic mass is 10.1. The molecule has 0 amide bonds. The number of aliphatic hydroxyl groups is 1. The van der Waals surface area contributed by atoms with Gasteiger partial charge >= 0.3 is 0 Å². The molecule has 1 unspecified atom stereocenters. The quantitative estimate of drug-likeness (QED) is 0.911. The molecule has 0 aliphatic carbocycles. The number of fused-ring (bicyclic) bond motifs is 1. The van der Waals surface area contributed by atoms with Gasteiger partial charge in [0.1, 0.15) is 0 Å². The fourth-order valence-corrected chi connectivity index (χ4v) is 3.21. The number of hydrogen-bond acceptors (Lipinski definition) is 5. The van der Waals surface area contributed by atoms with Gasteiger partial charge in [-0.05, 0) is 25.5 Å². The predicted octanol–water partition coefficient (Wildman–Crippen LogP) is 2.36. The minimum atomic E-state index is -0.531. The summed E-state index contributed by atoms with van der Waals surface area (Å²) in [5.74, 6) is 1.55. The van der Waals surface area contributed by atoms with E-state index in [0.29, 0.717) is 0 Å². The Balaban J connectivity index is 1.81. The average Bonchev–Trinajstić information content (AvgIpc) is 2.88. The van der Waals surface area contributed by atoms with Crippen molar-refractivity contribution in [3.63, 3.8) is 0 Å². The molecule has 0 saturated carbocycles. The summed E-state index contributed by atoms with van der Waals surface area (Å²) in [5.41, 5.74) is 3.00. The summed E-state index contributed by atoms with van der Waals surface area (Å²) in [5, 5.41) is 14.3. The number of aromatic nitrogens is 2. The zero-order chi connectivity index (χ0) is 17.1. The van der Waals surface area contributed by atoms with E-state index in [9.17, 15) is 5.11 Å². The van der Waals surface area contributed by atoms with E-state index in [2.05, 4.69) is 16.1 Å². The maximum atomic E-state index is 9.75. The van der Waals surface area contributed by atoms with Crippen LogP contribution < -0.4 is 9.47 Å². The molecule has 1 aromatic carbocycles. The zero-order valence-corrected chi connectivity index (χ0v) is 14.5. The van der Waals surface area contributed by atoms with E-state index >= 15 is 0 Å². The number of aryl methyl sites for hydroxylation is 1. The lowest BCUT2D eigenvalue weighted by Crippen LogP contribution is -2.23. The lowest BCUT2D eigenvalue weighted by Gasteiger charge is -2.21. The van der Waals surface area contributed by atoms with Gasteiger partial charge < -0.3 is 14.6 Å². The monoisotopic (exact) mass is 331 g/mol. The van der Waals surface area contributed by atoms with Gasteiger partial charge in [0.2, 0.25) is 0 Å². The van der Waals surface area contributed by atoms with E-state index in [1.54, 1.807) is 21.1 Å². The number of benzene rings is 1. The molecule has 1 aliphatic rings. The highest BCUT2D eigenvalue weighted by atomic mass is 16.5. The van der Waals surface area contributed by atoms with Crippen LogP contribution in [0.25, 0.3) is 0 Å². The normalized spacial score (nSPS) is 16.3. The van der Waals surface area contributed by atoms with Crippen molar-refractivity contribution in [3.8, 4) is 11.5 Å². The number of rotatable bonds is 5. The Labute approximate surface area is 142 Å². The first-order valence-corrected chi connectivity index (χ1v) is 8.29. The predicted molar refractivity (Wildman–Crippen MR) is 91.1 cm³/mol. The van der Waals surface area contributed by atoms with Crippen LogP contribution in [0.3, 0.4) is 0 Å². The van der Waals surface area contributed by atoms with Crippen molar-refractivity contribution in [1.82, 2.24) is 14.7 Å². The second-order valence-electron chi connectivity index (χ2n) is 6.18. The van der Waals surface area contributed by atoms with Gasteiger partial charge in [0.05, 0.1) is 31.7 Å². The van der Waals surface area contributed by atoms with Gasteiger partial charge in [-0.1, -0.05) is 12.1 Å². The van der Waals surface area contributed by atoms with Gasteiger partial charge in [0.15, 0.2) is 11.5 Å². The molecular formula is C18H25N3O3. The highest BCUT2D eigenvalue weighted by Crippen LogP contribution is 2.32. The first-order valence-electron chi connectivity index (χ1n) is 8.29. The van der Waals surface area contributed by atoms with E-state index < -0.39 is 6.10 Å². The number of methoxy groups -OCH3 is 2. The molecule has 6 heteroatoms. The molecule has 1 aromatic heterocycles. The van der Waals surface area contributed by atoms with Gasteiger partial charge in [-0.25, -0.2) is 0 Å². The first-order chi connectivity index (χ1) is 11.6. The van der Waals surface area contributed by atoms with Crippen molar-refractivity contribution < 1.29 is 14.6 Å². The summed E-state index contributed by atoms with van der Waals surface area (Å²) in [7, 11) is 3.33. The maximum Gasteiger partial charge on any atom is 0.165 e. The molecule has 2 heterocycles. The third-order valence-corrected chi connectivity index (χ3v) is 4.42. The Bertz CT molecular complexity index is 697. The Morgan fingerprint density at radius 2 is 2.08 bits per heavy atom. The molecule has 0 radical (unpaired) electrons. The van der Waals surface area contributed by atoms with Crippen LogP contribution in [0.4, 0.5) is 0 Å². The SMILES string of the molecule is COc1cccc(CN2CCCn3nc(C(C)O)cc3C2)c1OC. The average molecular weight is 331 g/mol. The van der Waals surface area contributed by atoms with Crippen LogP contribution >= 0.6 is 0 Å². The lowest BCUT2D eigenvalue weighted by molar-refractivity contribution is 0.193. The van der Waals surface area contributed by atoms with Crippen molar-refractivity contribution in [2.75, 3.05) is 20.8 Å². The molecule has 24 heavy (non-hydrogen) atoms. The van der Waals surface area contributed by atoms with Crippen LogP contribution in [0.1, 0.15) is 36.4 Å². The summed E-state index contributed by atoms with van der Waals surface area (Å²) in [6.45, 7) is 5.22. The second kappa shape index (κ2) is 7.23. The Morgan fingerprint density at radius 3 is 2.79 bits per heavy atom. The fourth-order valence-electron chi connectivity index (χ4n) is 3.21. The highest BCUT2D eigenvalue weighted by molar-refractivity contribution is 5.46. The minimum absolute atomic E-state index is 0.531. The van der Waals surface area contributed by atoms with Crippen LogP contribution in [0.5, 0.6) is 11.5 Å². The Kier molecular flexibility index (Phi) is 5.06. The molecule has 0 saturated heterocycles. The van der Waals surface area contributed by atoms with Gasteiger partial charge in [-0.3, -0.25) is 9.58 Å². The Morgan fingerprint density at radius 1 is 1.25 bits per heavy atom. The molecule has 0 fully saturated rings. The number of aliphatic hydroxyl groups excluding tert-OH is 1. The molecule has 0 bridgehead atoms. The van der Waals surface area contributed by atoms with E-state index in [0.717, 1.165) is 61.1 Å². The largest absolute Gasteiger partial charge is 0.493 e. The smallest absolute Gasteiger partial charge is 0.165 e. The molecule has 0 spiro atoms. The van der Waals surface area contributed by atoms with Crippen molar-refractivity contribution in [1.29, 1.82) is 0 Å². The van der Waals surface area contributed by atoms with Crippen LogP contribution in [-0.2, 0) is 19.6 Å². The third-order valence-electron chi connectivity index (χ3n) is 4.42. The van der Waals surface area contributed by atoms with Crippen molar-refractivity contribution in [3.05, 3.63) is 41.2 Å². The van der Waals surface area contributed by atoms with Crippen LogP contribution in [-0.4, -0.2) is 40.6 Å². The van der Waals surface area contributed by atoms with Gasteiger partial charge in [-0.15, -0.1) is 0 Å². The number of hydrogen-bond donors (Lipinski definition) is 1. The number of ether oxygens (including phenoxy) is 2. The summed E-state index contributed by atoms with van der Waals surface area (Å²) >= 11 is 0. The number of para-hydroxylation sites is 1. The standard InChI is InChI=1S/C18H25N3O3/c1-13(22)16-10-15-12-20(8-5-9-21(15)19-16)11-14-6-4-7-17(23-2)18(14)24-3/h4,6-7,10,13,22H,5,8-9,11-12H2,1-3H3. The van der Waals surface area contributed by atoms with E-state index in [4.69, 9.17) is 9.47 Å². The molecule has 130 valence electrons. The molecule has 3 rings (SSSR count). The summed E-state index contributed by atoms with van der Waals surface area (Å²) in [6, 6.07) is 7.98. The van der Waals surface area contributed by atoms with Crippen molar-refractivity contribution in [2.24, 2.45) is 0 Å². The van der Waals surface area contributed by atoms with E-state index in [1.165, 1.54) is 0 Å². The summed E-state index contributed by atoms with van der Waals surface area (Å²) < 4.78 is 13.0. The molecule has 1 N–H and O–H groups in total. The van der Waals surface area contributed by atoms with Crippen molar-refractivity contribution in [2.45, 2.75) is 39.1 Å². The molecule has 6 nitrogen and oxygen atoms in total. The van der Waals surface area contributed by atoms with Crippen LogP contribution in [0.2, 0.25) is 0 Å². The van der Waals surface area contributed by atoms with Crippen molar-refractivity contribution >= 4 is 0 Å². The summed E-state index contributed by atoms with van der Waals surface area (Å²) in [4.78, 5) is 2.38. The van der Waals surface area contributed by atoms with Gasteiger partial charge in [-0.2, -0.15) is 5.10 Å². The topological polar surface area (TPSA) is 59.8 Å². The maximum absolute atomic E-state index is 9.75. The Hall–Kier alpha value is -2.05. The van der Waals surface area contributed by atoms with Gasteiger partial charge in [0.25, 0.3) is 0 Å². The minimum Gasteiger partial charge on any atom is -0.493 e. The van der Waals surface area contributed by atoms with E-state index in [-0.39, 0.29) is 0 Å². The molecule has 1 aliphatic heterocycles. The zero-order valence-electron chi connectivity index (χ0n) is 14.5. The van der Waals surface area contributed by atoms with Gasteiger partial charge in [0, 0.05) is 31.7 Å². The molecule has 1 atom stereocenters. The first kappa shape index (κ1) is 16.8. The van der Waals surface area contributed by atoms with Crippen LogP contribution in [0, 0.1) is 0 Å². The second-order valence-corrected chi connectivity index (χ2v) is 6.18. The highest BCUT2D eigenvalue weighted by Gasteiger charge is 2.20. The fraction of sp³-hybridized carbons (Fsp3) is 0.500. The number of nitrogens with zero attached hydrogens (tertiary/aromatic N) is 3. The summed E-state index contributed by atoms with van der Waals surface area (Å²) in [6.07, 6.45) is 0.497. The third kappa shape index (κ3) is 3.39. The molecule has 2 aromatic rings. The van der Waals surface area contributed by atoms with Crippen LogP contribution in [0.15, 0.2) is 24.3 Å².